The number of ether oxygens (including phenoxy) is 1. The summed E-state index contributed by atoms with van der Waals surface area (Å²) in [6, 6.07) is 6.44. The molecular weight excluding hydrogens is 321 g/mol. The maximum Gasteiger partial charge on any atom is 0.229 e. The molecule has 1 aliphatic heterocycles. The smallest absolute Gasteiger partial charge is 0.229 e. The van der Waals surface area contributed by atoms with Crippen molar-refractivity contribution in [1.82, 2.24) is 14.9 Å². The fourth-order valence-electron chi connectivity index (χ4n) is 2.86. The maximum atomic E-state index is 14.0. The molecule has 134 valence electrons. The Hall–Kier alpha value is -2.41. The number of nitrogens with one attached hydrogen (secondary N) is 2. The van der Waals surface area contributed by atoms with Crippen LogP contribution < -0.4 is 15.4 Å². The Morgan fingerprint density at radius 2 is 2.08 bits per heavy atom. The van der Waals surface area contributed by atoms with Crippen LogP contribution in [0.4, 0.5) is 21.8 Å². The predicted octanol–water partition coefficient (Wildman–Crippen LogP) is 3.27. The van der Waals surface area contributed by atoms with E-state index in [9.17, 15) is 4.39 Å². The van der Waals surface area contributed by atoms with Gasteiger partial charge in [0.25, 0.3) is 0 Å². The first kappa shape index (κ1) is 17.4. The summed E-state index contributed by atoms with van der Waals surface area (Å²) in [4.78, 5) is 10.9. The number of halogens is 1. The van der Waals surface area contributed by atoms with Crippen molar-refractivity contribution in [3.63, 3.8) is 0 Å². The molecule has 0 atom stereocenters. The van der Waals surface area contributed by atoms with Gasteiger partial charge in [0.15, 0.2) is 11.6 Å². The molecule has 2 aromatic rings. The van der Waals surface area contributed by atoms with E-state index in [4.69, 9.17) is 4.74 Å². The van der Waals surface area contributed by atoms with Crippen molar-refractivity contribution in [3.8, 4) is 5.75 Å². The van der Waals surface area contributed by atoms with Gasteiger partial charge >= 0.3 is 0 Å². The molecule has 0 bridgehead atoms. The van der Waals surface area contributed by atoms with Crippen molar-refractivity contribution in [2.75, 3.05) is 43.9 Å². The van der Waals surface area contributed by atoms with Crippen molar-refractivity contribution >= 4 is 17.5 Å². The first-order valence-electron chi connectivity index (χ1n) is 8.67. The third kappa shape index (κ3) is 5.03. The van der Waals surface area contributed by atoms with Crippen molar-refractivity contribution in [3.05, 3.63) is 36.3 Å². The SMILES string of the molecule is CNc1ccnc(Nc2ccc(F)c(OCCCN3CCCC3)c2)n1. The first-order chi connectivity index (χ1) is 12.2. The van der Waals surface area contributed by atoms with Gasteiger partial charge in [-0.1, -0.05) is 0 Å². The summed E-state index contributed by atoms with van der Waals surface area (Å²) in [5, 5.41) is 6.02. The molecule has 0 amide bonds. The van der Waals surface area contributed by atoms with E-state index in [1.807, 2.05) is 0 Å². The minimum absolute atomic E-state index is 0.246. The summed E-state index contributed by atoms with van der Waals surface area (Å²) in [5.41, 5.74) is 0.684. The highest BCUT2D eigenvalue weighted by Crippen LogP contribution is 2.24. The van der Waals surface area contributed by atoms with Gasteiger partial charge in [0.1, 0.15) is 5.82 Å². The van der Waals surface area contributed by atoms with Gasteiger partial charge in [-0.15, -0.1) is 0 Å². The maximum absolute atomic E-state index is 14.0. The number of aromatic nitrogens is 2. The Morgan fingerprint density at radius 1 is 1.24 bits per heavy atom. The van der Waals surface area contributed by atoms with Crippen LogP contribution in [-0.2, 0) is 0 Å². The Bertz CT molecular complexity index is 691. The van der Waals surface area contributed by atoms with E-state index >= 15 is 0 Å². The Kier molecular flexibility index (Phi) is 6.00. The Morgan fingerprint density at radius 3 is 2.88 bits per heavy atom. The Labute approximate surface area is 147 Å². The van der Waals surface area contributed by atoms with Crippen LogP contribution >= 0.6 is 0 Å². The summed E-state index contributed by atoms with van der Waals surface area (Å²) in [6.07, 6.45) is 5.10. The van der Waals surface area contributed by atoms with Gasteiger partial charge in [-0.25, -0.2) is 9.37 Å². The molecule has 6 nitrogen and oxygen atoms in total. The van der Waals surface area contributed by atoms with Crippen LogP contribution in [0.3, 0.4) is 0 Å². The standard InChI is InChI=1S/C18H24FN5O/c1-20-17-7-8-21-18(23-17)22-14-5-6-15(19)16(13-14)25-12-4-11-24-9-2-3-10-24/h5-8,13H,2-4,9-12H2,1H3,(H2,20,21,22,23). The van der Waals surface area contributed by atoms with Crippen LogP contribution in [0.5, 0.6) is 5.75 Å². The molecule has 1 fully saturated rings. The van der Waals surface area contributed by atoms with Crippen LogP contribution in [0.2, 0.25) is 0 Å². The van der Waals surface area contributed by atoms with E-state index in [-0.39, 0.29) is 11.6 Å². The zero-order valence-electron chi connectivity index (χ0n) is 14.5. The molecule has 1 aliphatic rings. The topological polar surface area (TPSA) is 62.3 Å². The summed E-state index contributed by atoms with van der Waals surface area (Å²) in [7, 11) is 1.79. The molecule has 1 aromatic carbocycles. The van der Waals surface area contributed by atoms with E-state index in [1.54, 1.807) is 31.4 Å². The second kappa shape index (κ2) is 8.62. The molecule has 0 saturated carbocycles. The monoisotopic (exact) mass is 345 g/mol. The fraction of sp³-hybridized carbons (Fsp3) is 0.444. The van der Waals surface area contributed by atoms with Crippen LogP contribution in [0.1, 0.15) is 19.3 Å². The van der Waals surface area contributed by atoms with E-state index in [1.165, 1.54) is 32.0 Å². The van der Waals surface area contributed by atoms with Gasteiger partial charge in [0.05, 0.1) is 6.61 Å². The fourth-order valence-corrected chi connectivity index (χ4v) is 2.86. The average molecular weight is 345 g/mol. The Balaban J connectivity index is 1.55. The third-order valence-electron chi connectivity index (χ3n) is 4.17. The molecule has 0 spiro atoms. The average Bonchev–Trinajstić information content (AvgIpc) is 3.15. The quantitative estimate of drug-likeness (QED) is 0.716. The van der Waals surface area contributed by atoms with Crippen LogP contribution in [0.15, 0.2) is 30.5 Å². The molecule has 0 aliphatic carbocycles. The lowest BCUT2D eigenvalue weighted by atomic mass is 10.3. The minimum atomic E-state index is -0.364. The van der Waals surface area contributed by atoms with Gasteiger partial charge < -0.3 is 20.3 Å². The molecule has 2 heterocycles. The number of hydrogen-bond donors (Lipinski definition) is 2. The van der Waals surface area contributed by atoms with Gasteiger partial charge in [0.2, 0.25) is 5.95 Å². The molecule has 1 saturated heterocycles. The number of likely N-dealkylation sites (tertiary alicyclic amines) is 1. The molecular formula is C18H24FN5O. The normalized spacial score (nSPS) is 14.5. The van der Waals surface area contributed by atoms with Gasteiger partial charge in [0, 0.05) is 31.5 Å². The lowest BCUT2D eigenvalue weighted by Gasteiger charge is -2.15. The van der Waals surface area contributed by atoms with E-state index in [0.29, 0.717) is 24.1 Å². The van der Waals surface area contributed by atoms with Crippen LogP contribution in [-0.4, -0.2) is 48.2 Å². The number of hydrogen-bond acceptors (Lipinski definition) is 6. The third-order valence-corrected chi connectivity index (χ3v) is 4.17. The molecule has 0 unspecified atom stereocenters. The lowest BCUT2D eigenvalue weighted by Crippen LogP contribution is -2.22. The largest absolute Gasteiger partial charge is 0.490 e. The second-order valence-corrected chi connectivity index (χ2v) is 6.04. The molecule has 1 aromatic heterocycles. The second-order valence-electron chi connectivity index (χ2n) is 6.04. The van der Waals surface area contributed by atoms with Crippen molar-refractivity contribution in [2.24, 2.45) is 0 Å². The van der Waals surface area contributed by atoms with Gasteiger partial charge in [-0.3, -0.25) is 0 Å². The summed E-state index contributed by atoms with van der Waals surface area (Å²) >= 11 is 0. The molecule has 25 heavy (non-hydrogen) atoms. The molecule has 2 N–H and O–H groups in total. The molecule has 7 heteroatoms. The summed E-state index contributed by atoms with van der Waals surface area (Å²) in [6.45, 7) is 3.84. The minimum Gasteiger partial charge on any atom is -0.490 e. The van der Waals surface area contributed by atoms with Gasteiger partial charge in [-0.2, -0.15) is 4.98 Å². The predicted molar refractivity (Wildman–Crippen MR) is 97.0 cm³/mol. The number of nitrogens with zero attached hydrogens (tertiary/aromatic N) is 3. The number of anilines is 3. The lowest BCUT2D eigenvalue weighted by molar-refractivity contribution is 0.256. The van der Waals surface area contributed by atoms with E-state index in [0.717, 1.165) is 13.0 Å². The molecule has 3 rings (SSSR count). The van der Waals surface area contributed by atoms with Crippen LogP contribution in [0, 0.1) is 5.82 Å². The van der Waals surface area contributed by atoms with E-state index in [2.05, 4.69) is 25.5 Å². The first-order valence-corrected chi connectivity index (χ1v) is 8.67. The summed E-state index contributed by atoms with van der Waals surface area (Å²) < 4.78 is 19.6. The van der Waals surface area contributed by atoms with Crippen molar-refractivity contribution < 1.29 is 9.13 Å². The highest BCUT2D eigenvalue weighted by atomic mass is 19.1. The zero-order valence-corrected chi connectivity index (χ0v) is 14.5. The van der Waals surface area contributed by atoms with Crippen molar-refractivity contribution in [1.29, 1.82) is 0 Å². The number of benzene rings is 1. The van der Waals surface area contributed by atoms with E-state index < -0.39 is 0 Å². The number of rotatable bonds is 8. The van der Waals surface area contributed by atoms with Gasteiger partial charge in [-0.05, 0) is 50.6 Å². The highest BCUT2D eigenvalue weighted by molar-refractivity contribution is 5.57. The van der Waals surface area contributed by atoms with Crippen LogP contribution in [0.25, 0.3) is 0 Å². The van der Waals surface area contributed by atoms with Crippen molar-refractivity contribution in [2.45, 2.75) is 19.3 Å². The zero-order chi connectivity index (χ0) is 17.5. The molecule has 0 radical (unpaired) electrons. The highest BCUT2D eigenvalue weighted by Gasteiger charge is 2.11. The summed E-state index contributed by atoms with van der Waals surface area (Å²) in [5.74, 6) is 1.03.